The van der Waals surface area contributed by atoms with Crippen LogP contribution < -0.4 is 5.32 Å². The number of amides is 1. The van der Waals surface area contributed by atoms with Gasteiger partial charge in [0.2, 0.25) is 0 Å². The average molecular weight is 291 g/mol. The van der Waals surface area contributed by atoms with Crippen LogP contribution in [0.2, 0.25) is 0 Å². The van der Waals surface area contributed by atoms with Crippen LogP contribution in [-0.2, 0) is 4.74 Å². The molecule has 0 radical (unpaired) electrons. The van der Waals surface area contributed by atoms with Crippen LogP contribution >= 0.6 is 0 Å². The SMILES string of the molecule is O=C(c1n[nH]nc1Nc1ccccc1F)N1CCOCC1. The number of hydrogen-bond acceptors (Lipinski definition) is 5. The highest BCUT2D eigenvalue weighted by Crippen LogP contribution is 2.20. The smallest absolute Gasteiger partial charge is 0.278 e. The number of nitrogens with zero attached hydrogens (tertiary/aromatic N) is 3. The van der Waals surface area contributed by atoms with Gasteiger partial charge in [-0.25, -0.2) is 4.39 Å². The van der Waals surface area contributed by atoms with Crippen LogP contribution in [0, 0.1) is 5.82 Å². The van der Waals surface area contributed by atoms with Crippen molar-refractivity contribution in [3.8, 4) is 0 Å². The maximum Gasteiger partial charge on any atom is 0.278 e. The Hall–Kier alpha value is -2.48. The molecule has 0 aliphatic carbocycles. The molecular formula is C13H14FN5O2. The summed E-state index contributed by atoms with van der Waals surface area (Å²) in [5.41, 5.74) is 0.377. The molecule has 1 aromatic carbocycles. The molecule has 8 heteroatoms. The number of morpholine rings is 1. The van der Waals surface area contributed by atoms with E-state index < -0.39 is 5.82 Å². The lowest BCUT2D eigenvalue weighted by Crippen LogP contribution is -2.41. The van der Waals surface area contributed by atoms with E-state index in [1.807, 2.05) is 0 Å². The molecule has 1 aliphatic rings. The predicted molar refractivity (Wildman–Crippen MR) is 72.8 cm³/mol. The maximum absolute atomic E-state index is 13.6. The van der Waals surface area contributed by atoms with E-state index >= 15 is 0 Å². The summed E-state index contributed by atoms with van der Waals surface area (Å²) in [6.45, 7) is 2.01. The Kier molecular flexibility index (Phi) is 3.78. The van der Waals surface area contributed by atoms with E-state index in [1.54, 1.807) is 23.1 Å². The monoisotopic (exact) mass is 291 g/mol. The highest BCUT2D eigenvalue weighted by atomic mass is 19.1. The fourth-order valence-corrected chi connectivity index (χ4v) is 2.07. The van der Waals surface area contributed by atoms with Crippen LogP contribution in [0.4, 0.5) is 15.9 Å². The Morgan fingerprint density at radius 1 is 1.29 bits per heavy atom. The summed E-state index contributed by atoms with van der Waals surface area (Å²) >= 11 is 0. The molecule has 3 rings (SSSR count). The number of anilines is 2. The number of nitrogens with one attached hydrogen (secondary N) is 2. The zero-order valence-electron chi connectivity index (χ0n) is 11.2. The summed E-state index contributed by atoms with van der Waals surface area (Å²) in [5.74, 6) is -0.479. The van der Waals surface area contributed by atoms with E-state index in [2.05, 4.69) is 20.7 Å². The molecule has 1 saturated heterocycles. The minimum Gasteiger partial charge on any atom is -0.378 e. The number of H-pyrrole nitrogens is 1. The Morgan fingerprint density at radius 3 is 2.81 bits per heavy atom. The second-order valence-corrected chi connectivity index (χ2v) is 4.53. The highest BCUT2D eigenvalue weighted by Gasteiger charge is 2.24. The molecule has 0 bridgehead atoms. The minimum absolute atomic E-state index is 0.139. The Bertz CT molecular complexity index is 639. The van der Waals surface area contributed by atoms with Crippen LogP contribution in [0.3, 0.4) is 0 Å². The fraction of sp³-hybridized carbons (Fsp3) is 0.308. The molecule has 2 aromatic rings. The van der Waals surface area contributed by atoms with Crippen LogP contribution in [0.1, 0.15) is 10.5 Å². The van der Waals surface area contributed by atoms with Gasteiger partial charge in [0, 0.05) is 13.1 Å². The molecule has 0 spiro atoms. The largest absolute Gasteiger partial charge is 0.378 e. The Balaban J connectivity index is 1.80. The van der Waals surface area contributed by atoms with Gasteiger partial charge < -0.3 is 15.0 Å². The van der Waals surface area contributed by atoms with E-state index in [-0.39, 0.29) is 23.1 Å². The second kappa shape index (κ2) is 5.88. The standard InChI is InChI=1S/C13H14FN5O2/c14-9-3-1-2-4-10(9)15-12-11(16-18-17-12)13(20)19-5-7-21-8-6-19/h1-4H,5-8H2,(H2,15,16,17,18). The Morgan fingerprint density at radius 2 is 2.05 bits per heavy atom. The van der Waals surface area contributed by atoms with Gasteiger partial charge in [0.15, 0.2) is 11.5 Å². The number of benzene rings is 1. The lowest BCUT2D eigenvalue weighted by molar-refractivity contribution is 0.0299. The van der Waals surface area contributed by atoms with Crippen molar-refractivity contribution in [1.82, 2.24) is 20.3 Å². The minimum atomic E-state index is -0.426. The number of aromatic amines is 1. The summed E-state index contributed by atoms with van der Waals surface area (Å²) in [6, 6.07) is 6.16. The number of ether oxygens (including phenoxy) is 1. The number of carbonyl (C=O) groups is 1. The lowest BCUT2D eigenvalue weighted by Gasteiger charge is -2.26. The summed E-state index contributed by atoms with van der Waals surface area (Å²) in [7, 11) is 0. The number of hydrogen-bond donors (Lipinski definition) is 2. The molecule has 0 saturated carbocycles. The molecule has 2 heterocycles. The third-order valence-electron chi connectivity index (χ3n) is 3.18. The van der Waals surface area contributed by atoms with Crippen molar-refractivity contribution in [2.75, 3.05) is 31.6 Å². The van der Waals surface area contributed by atoms with Gasteiger partial charge in [0.05, 0.1) is 18.9 Å². The first-order valence-corrected chi connectivity index (χ1v) is 6.55. The molecular weight excluding hydrogens is 277 g/mol. The van der Waals surface area contributed by atoms with Gasteiger partial charge in [0.25, 0.3) is 5.91 Å². The van der Waals surface area contributed by atoms with Gasteiger partial charge in [-0.2, -0.15) is 5.21 Å². The van der Waals surface area contributed by atoms with Gasteiger partial charge in [-0.3, -0.25) is 4.79 Å². The molecule has 1 aliphatic heterocycles. The number of carbonyl (C=O) groups excluding carboxylic acids is 1. The van der Waals surface area contributed by atoms with Crippen molar-refractivity contribution >= 4 is 17.4 Å². The van der Waals surface area contributed by atoms with Crippen molar-refractivity contribution < 1.29 is 13.9 Å². The molecule has 7 nitrogen and oxygen atoms in total. The van der Waals surface area contributed by atoms with E-state index in [4.69, 9.17) is 4.74 Å². The van der Waals surface area contributed by atoms with Crippen molar-refractivity contribution in [2.24, 2.45) is 0 Å². The van der Waals surface area contributed by atoms with E-state index in [9.17, 15) is 9.18 Å². The molecule has 21 heavy (non-hydrogen) atoms. The van der Waals surface area contributed by atoms with E-state index in [0.717, 1.165) is 0 Å². The third kappa shape index (κ3) is 2.84. The quantitative estimate of drug-likeness (QED) is 0.886. The topological polar surface area (TPSA) is 83.1 Å². The molecule has 2 N–H and O–H groups in total. The summed E-state index contributed by atoms with van der Waals surface area (Å²) in [6.07, 6.45) is 0. The molecule has 110 valence electrons. The van der Waals surface area contributed by atoms with Gasteiger partial charge in [-0.1, -0.05) is 12.1 Å². The zero-order chi connectivity index (χ0) is 14.7. The predicted octanol–water partition coefficient (Wildman–Crippen LogP) is 1.16. The fourth-order valence-electron chi connectivity index (χ4n) is 2.07. The Labute approximate surface area is 120 Å². The molecule has 0 unspecified atom stereocenters. The molecule has 1 aromatic heterocycles. The van der Waals surface area contributed by atoms with Crippen LogP contribution in [0.25, 0.3) is 0 Å². The highest BCUT2D eigenvalue weighted by molar-refractivity contribution is 5.97. The molecule has 0 atom stereocenters. The van der Waals surface area contributed by atoms with Crippen molar-refractivity contribution in [1.29, 1.82) is 0 Å². The maximum atomic E-state index is 13.6. The summed E-state index contributed by atoms with van der Waals surface area (Å²) in [5, 5.41) is 12.9. The lowest BCUT2D eigenvalue weighted by atomic mass is 10.3. The number of rotatable bonds is 3. The normalized spacial score (nSPS) is 15.0. The van der Waals surface area contributed by atoms with Crippen molar-refractivity contribution in [2.45, 2.75) is 0 Å². The third-order valence-corrected chi connectivity index (χ3v) is 3.18. The van der Waals surface area contributed by atoms with E-state index in [0.29, 0.717) is 26.3 Å². The molecule has 1 fully saturated rings. The van der Waals surface area contributed by atoms with Crippen molar-refractivity contribution in [3.63, 3.8) is 0 Å². The van der Waals surface area contributed by atoms with Crippen LogP contribution in [0.15, 0.2) is 24.3 Å². The number of aromatic nitrogens is 3. The first-order chi connectivity index (χ1) is 10.3. The zero-order valence-corrected chi connectivity index (χ0v) is 11.2. The van der Waals surface area contributed by atoms with Crippen LogP contribution in [0.5, 0.6) is 0 Å². The molecule has 1 amide bonds. The first kappa shape index (κ1) is 13.5. The van der Waals surface area contributed by atoms with Gasteiger partial charge >= 0.3 is 0 Å². The number of halogens is 1. The summed E-state index contributed by atoms with van der Waals surface area (Å²) < 4.78 is 18.8. The van der Waals surface area contributed by atoms with Gasteiger partial charge in [0.1, 0.15) is 5.82 Å². The van der Waals surface area contributed by atoms with Gasteiger partial charge in [-0.15, -0.1) is 10.2 Å². The average Bonchev–Trinajstić information content (AvgIpc) is 2.98. The van der Waals surface area contributed by atoms with Crippen LogP contribution in [-0.4, -0.2) is 52.5 Å². The van der Waals surface area contributed by atoms with E-state index in [1.165, 1.54) is 6.07 Å². The van der Waals surface area contributed by atoms with Gasteiger partial charge in [-0.05, 0) is 12.1 Å². The summed E-state index contributed by atoms with van der Waals surface area (Å²) in [4.78, 5) is 14.0. The first-order valence-electron chi connectivity index (χ1n) is 6.55. The second-order valence-electron chi connectivity index (χ2n) is 4.53. The van der Waals surface area contributed by atoms with Crippen molar-refractivity contribution in [3.05, 3.63) is 35.8 Å². The number of para-hydroxylation sites is 1.